The summed E-state index contributed by atoms with van der Waals surface area (Å²) in [6.45, 7) is 0. The molecule has 4 N–H and O–H groups in total. The van der Waals surface area contributed by atoms with Crippen LogP contribution in [0.3, 0.4) is 0 Å². The molecule has 1 amide bonds. The number of carbonyl (C=O) groups is 1. The molecule has 20 heavy (non-hydrogen) atoms. The number of hydrogen-bond donors (Lipinski definition) is 2. The van der Waals surface area contributed by atoms with Crippen LogP contribution in [0.5, 0.6) is 0 Å². The SMILES string of the molecule is NC(=O)c1cnc(-c2ccc3ccccc3c2)nc1N. The Morgan fingerprint density at radius 3 is 2.50 bits per heavy atom. The number of hydrogen-bond acceptors (Lipinski definition) is 4. The van der Waals surface area contributed by atoms with E-state index in [1.54, 1.807) is 0 Å². The van der Waals surface area contributed by atoms with E-state index >= 15 is 0 Å². The number of aromatic nitrogens is 2. The summed E-state index contributed by atoms with van der Waals surface area (Å²) in [5.74, 6) is -0.0681. The molecule has 0 spiro atoms. The molecule has 0 radical (unpaired) electrons. The van der Waals surface area contributed by atoms with Crippen LogP contribution in [0.15, 0.2) is 48.7 Å². The number of nitrogens with two attached hydrogens (primary N) is 2. The van der Waals surface area contributed by atoms with Crippen molar-refractivity contribution in [2.45, 2.75) is 0 Å². The fraction of sp³-hybridized carbons (Fsp3) is 0. The zero-order valence-electron chi connectivity index (χ0n) is 10.6. The summed E-state index contributed by atoms with van der Waals surface area (Å²) in [7, 11) is 0. The van der Waals surface area contributed by atoms with E-state index in [1.807, 2.05) is 42.5 Å². The molecule has 5 nitrogen and oxygen atoms in total. The van der Waals surface area contributed by atoms with Gasteiger partial charge >= 0.3 is 0 Å². The Morgan fingerprint density at radius 2 is 1.80 bits per heavy atom. The highest BCUT2D eigenvalue weighted by molar-refractivity contribution is 5.97. The van der Waals surface area contributed by atoms with Crippen molar-refractivity contribution in [1.82, 2.24) is 9.97 Å². The number of carbonyl (C=O) groups excluding carboxylic acids is 1. The maximum atomic E-state index is 11.1. The highest BCUT2D eigenvalue weighted by Gasteiger charge is 2.10. The van der Waals surface area contributed by atoms with Crippen molar-refractivity contribution in [3.8, 4) is 11.4 Å². The molecule has 0 aliphatic rings. The Bertz CT molecular complexity index is 814. The van der Waals surface area contributed by atoms with Gasteiger partial charge in [-0.2, -0.15) is 0 Å². The number of nitrogen functional groups attached to an aromatic ring is 1. The van der Waals surface area contributed by atoms with Gasteiger partial charge in [0.2, 0.25) is 0 Å². The predicted octanol–water partition coefficient (Wildman–Crippen LogP) is 1.98. The molecule has 1 aromatic heterocycles. The fourth-order valence-corrected chi connectivity index (χ4v) is 2.05. The van der Waals surface area contributed by atoms with Crippen molar-refractivity contribution in [2.75, 3.05) is 5.73 Å². The van der Waals surface area contributed by atoms with Gasteiger partial charge in [0.25, 0.3) is 5.91 Å². The number of anilines is 1. The third-order valence-corrected chi connectivity index (χ3v) is 3.09. The lowest BCUT2D eigenvalue weighted by Crippen LogP contribution is -2.15. The molecule has 2 aromatic carbocycles. The van der Waals surface area contributed by atoms with E-state index in [1.165, 1.54) is 6.20 Å². The quantitative estimate of drug-likeness (QED) is 0.739. The molecule has 0 fully saturated rings. The monoisotopic (exact) mass is 264 g/mol. The molecule has 0 saturated heterocycles. The van der Waals surface area contributed by atoms with Gasteiger partial charge in [-0.1, -0.05) is 36.4 Å². The molecule has 5 heteroatoms. The van der Waals surface area contributed by atoms with Crippen LogP contribution in [0.25, 0.3) is 22.2 Å². The summed E-state index contributed by atoms with van der Waals surface area (Å²) in [5.41, 5.74) is 11.9. The third kappa shape index (κ3) is 2.05. The van der Waals surface area contributed by atoms with Crippen LogP contribution >= 0.6 is 0 Å². The van der Waals surface area contributed by atoms with E-state index in [2.05, 4.69) is 9.97 Å². The van der Waals surface area contributed by atoms with Crippen molar-refractivity contribution in [2.24, 2.45) is 5.73 Å². The second-order valence-corrected chi connectivity index (χ2v) is 4.42. The second kappa shape index (κ2) is 4.62. The maximum Gasteiger partial charge on any atom is 0.254 e. The highest BCUT2D eigenvalue weighted by atomic mass is 16.1. The summed E-state index contributed by atoms with van der Waals surface area (Å²) < 4.78 is 0. The average Bonchev–Trinajstić information content (AvgIpc) is 2.46. The molecule has 98 valence electrons. The standard InChI is InChI=1S/C15H12N4O/c16-13-12(14(17)20)8-18-15(19-13)11-6-5-9-3-1-2-4-10(9)7-11/h1-8H,(H2,17,20)(H2,16,18,19). The molecule has 0 atom stereocenters. The Labute approximate surface area is 115 Å². The molecule has 0 aliphatic heterocycles. The van der Waals surface area contributed by atoms with Gasteiger partial charge in [-0.05, 0) is 16.8 Å². The largest absolute Gasteiger partial charge is 0.383 e. The zero-order chi connectivity index (χ0) is 14.1. The molecule has 0 unspecified atom stereocenters. The van der Waals surface area contributed by atoms with E-state index in [9.17, 15) is 4.79 Å². The van der Waals surface area contributed by atoms with Gasteiger partial charge in [0.15, 0.2) is 5.82 Å². The van der Waals surface area contributed by atoms with Gasteiger partial charge in [-0.25, -0.2) is 9.97 Å². The topological polar surface area (TPSA) is 94.9 Å². The first-order valence-electron chi connectivity index (χ1n) is 6.06. The number of nitrogens with zero attached hydrogens (tertiary/aromatic N) is 2. The van der Waals surface area contributed by atoms with Crippen molar-refractivity contribution in [3.05, 3.63) is 54.2 Å². The van der Waals surface area contributed by atoms with Crippen molar-refractivity contribution in [3.63, 3.8) is 0 Å². The van der Waals surface area contributed by atoms with Gasteiger partial charge in [0, 0.05) is 11.8 Å². The minimum Gasteiger partial charge on any atom is -0.383 e. The molecule has 0 bridgehead atoms. The van der Waals surface area contributed by atoms with Crippen LogP contribution in [0, 0.1) is 0 Å². The smallest absolute Gasteiger partial charge is 0.254 e. The first-order valence-corrected chi connectivity index (χ1v) is 6.06. The number of fused-ring (bicyclic) bond motifs is 1. The van der Waals surface area contributed by atoms with E-state index in [0.29, 0.717) is 5.82 Å². The lowest BCUT2D eigenvalue weighted by atomic mass is 10.1. The van der Waals surface area contributed by atoms with Gasteiger partial charge in [-0.15, -0.1) is 0 Å². The molecule has 0 saturated carbocycles. The number of rotatable bonds is 2. The van der Waals surface area contributed by atoms with Crippen LogP contribution in [0.2, 0.25) is 0 Å². The molecular weight excluding hydrogens is 252 g/mol. The lowest BCUT2D eigenvalue weighted by molar-refractivity contribution is 0.100. The Hall–Kier alpha value is -2.95. The van der Waals surface area contributed by atoms with Crippen molar-refractivity contribution in [1.29, 1.82) is 0 Å². The van der Waals surface area contributed by atoms with Crippen LogP contribution in [0.4, 0.5) is 5.82 Å². The van der Waals surface area contributed by atoms with Crippen molar-refractivity contribution >= 4 is 22.5 Å². The van der Waals surface area contributed by atoms with Crippen LogP contribution in [-0.2, 0) is 0 Å². The normalized spacial score (nSPS) is 10.6. The molecule has 3 rings (SSSR count). The number of primary amides is 1. The van der Waals surface area contributed by atoms with Gasteiger partial charge < -0.3 is 11.5 Å². The number of amides is 1. The van der Waals surface area contributed by atoms with E-state index < -0.39 is 5.91 Å². The average molecular weight is 264 g/mol. The summed E-state index contributed by atoms with van der Waals surface area (Å²) >= 11 is 0. The van der Waals surface area contributed by atoms with Crippen molar-refractivity contribution < 1.29 is 4.79 Å². The first kappa shape index (κ1) is 12.1. The van der Waals surface area contributed by atoms with Crippen LogP contribution in [-0.4, -0.2) is 15.9 Å². The van der Waals surface area contributed by atoms with E-state index in [-0.39, 0.29) is 11.4 Å². The molecule has 1 heterocycles. The van der Waals surface area contributed by atoms with Crippen LogP contribution < -0.4 is 11.5 Å². The lowest BCUT2D eigenvalue weighted by Gasteiger charge is -2.05. The summed E-state index contributed by atoms with van der Waals surface area (Å²) in [4.78, 5) is 19.4. The van der Waals surface area contributed by atoms with Gasteiger partial charge in [-0.3, -0.25) is 4.79 Å². The Kier molecular flexibility index (Phi) is 2.80. The molecule has 3 aromatic rings. The summed E-state index contributed by atoms with van der Waals surface area (Å²) in [5, 5.41) is 2.23. The predicted molar refractivity (Wildman–Crippen MR) is 77.9 cm³/mol. The Morgan fingerprint density at radius 1 is 1.05 bits per heavy atom. The maximum absolute atomic E-state index is 11.1. The highest BCUT2D eigenvalue weighted by Crippen LogP contribution is 2.22. The third-order valence-electron chi connectivity index (χ3n) is 3.09. The van der Waals surface area contributed by atoms with E-state index in [4.69, 9.17) is 11.5 Å². The fourth-order valence-electron chi connectivity index (χ4n) is 2.05. The number of benzene rings is 2. The first-order chi connectivity index (χ1) is 9.65. The molecular formula is C15H12N4O. The van der Waals surface area contributed by atoms with Crippen LogP contribution in [0.1, 0.15) is 10.4 Å². The van der Waals surface area contributed by atoms with E-state index in [0.717, 1.165) is 16.3 Å². The second-order valence-electron chi connectivity index (χ2n) is 4.42. The minimum absolute atomic E-state index is 0.0932. The summed E-state index contributed by atoms with van der Waals surface area (Å²) in [6, 6.07) is 13.9. The van der Waals surface area contributed by atoms with Gasteiger partial charge in [0.1, 0.15) is 5.82 Å². The molecule has 0 aliphatic carbocycles. The summed E-state index contributed by atoms with van der Waals surface area (Å²) in [6.07, 6.45) is 1.36. The minimum atomic E-state index is -0.632. The Balaban J connectivity index is 2.11. The van der Waals surface area contributed by atoms with Gasteiger partial charge in [0.05, 0.1) is 5.56 Å². The zero-order valence-corrected chi connectivity index (χ0v) is 10.6.